The van der Waals surface area contributed by atoms with Crippen molar-refractivity contribution in [1.29, 1.82) is 0 Å². The van der Waals surface area contributed by atoms with Crippen molar-refractivity contribution in [2.45, 2.75) is 44.2 Å². The lowest BCUT2D eigenvalue weighted by atomic mass is 10.1. The van der Waals surface area contributed by atoms with E-state index in [2.05, 4.69) is 25.3 Å². The van der Waals surface area contributed by atoms with Gasteiger partial charge in [0.05, 0.1) is 31.9 Å². The number of halogens is 1. The SMILES string of the molecule is CCn1ccc(-c2nnc(CS(=O)(=O)[C@@H](C)[C@H](C)c3ncc(F)cn3)n2-c2c(OC)cccc2OC)n1. The molecule has 196 valence electrons. The van der Waals surface area contributed by atoms with Crippen LogP contribution in [0, 0.1) is 5.82 Å². The maximum atomic E-state index is 13.6. The van der Waals surface area contributed by atoms with Gasteiger partial charge in [0.1, 0.15) is 34.5 Å². The van der Waals surface area contributed by atoms with Crippen molar-refractivity contribution in [1.82, 2.24) is 34.5 Å². The molecule has 3 aromatic heterocycles. The summed E-state index contributed by atoms with van der Waals surface area (Å²) in [6.45, 7) is 5.86. The van der Waals surface area contributed by atoms with Crippen LogP contribution >= 0.6 is 0 Å². The molecular weight excluding hydrogens is 501 g/mol. The minimum atomic E-state index is -3.81. The molecule has 4 rings (SSSR count). The average Bonchev–Trinajstić information content (AvgIpc) is 3.54. The summed E-state index contributed by atoms with van der Waals surface area (Å²) in [6, 6.07) is 7.02. The highest BCUT2D eigenvalue weighted by Crippen LogP contribution is 2.36. The van der Waals surface area contributed by atoms with Crippen LogP contribution < -0.4 is 9.47 Å². The van der Waals surface area contributed by atoms with E-state index in [0.717, 1.165) is 12.4 Å². The number of para-hydroxylation sites is 1. The highest BCUT2D eigenvalue weighted by atomic mass is 32.2. The Balaban J connectivity index is 1.82. The molecule has 37 heavy (non-hydrogen) atoms. The van der Waals surface area contributed by atoms with Crippen LogP contribution in [0.15, 0.2) is 42.9 Å². The van der Waals surface area contributed by atoms with Gasteiger partial charge in [-0.2, -0.15) is 5.10 Å². The zero-order valence-corrected chi connectivity index (χ0v) is 22.0. The van der Waals surface area contributed by atoms with Crippen LogP contribution in [-0.4, -0.2) is 62.4 Å². The Labute approximate surface area is 214 Å². The van der Waals surface area contributed by atoms with E-state index >= 15 is 0 Å². The van der Waals surface area contributed by atoms with Crippen LogP contribution in [0.2, 0.25) is 0 Å². The molecule has 0 aliphatic carbocycles. The Kier molecular flexibility index (Phi) is 7.52. The first kappa shape index (κ1) is 26.2. The number of hydrogen-bond acceptors (Lipinski definition) is 9. The van der Waals surface area contributed by atoms with E-state index in [1.807, 2.05) is 6.92 Å². The quantitative estimate of drug-likeness (QED) is 0.304. The van der Waals surface area contributed by atoms with E-state index in [9.17, 15) is 12.8 Å². The zero-order chi connectivity index (χ0) is 26.7. The van der Waals surface area contributed by atoms with Gasteiger partial charge in [-0.25, -0.2) is 22.8 Å². The molecule has 0 radical (unpaired) electrons. The number of ether oxygens (including phenoxy) is 2. The smallest absolute Gasteiger partial charge is 0.189 e. The van der Waals surface area contributed by atoms with E-state index in [0.29, 0.717) is 35.2 Å². The molecule has 0 aliphatic heterocycles. The monoisotopic (exact) mass is 529 g/mol. The van der Waals surface area contributed by atoms with Crippen molar-refractivity contribution in [3.63, 3.8) is 0 Å². The molecular formula is C24H28FN7O4S. The second-order valence-electron chi connectivity index (χ2n) is 8.40. The van der Waals surface area contributed by atoms with Crippen molar-refractivity contribution in [3.05, 3.63) is 60.3 Å². The highest BCUT2D eigenvalue weighted by molar-refractivity contribution is 7.91. The molecule has 1 aromatic carbocycles. The summed E-state index contributed by atoms with van der Waals surface area (Å²) in [5.41, 5.74) is 0.957. The third kappa shape index (κ3) is 5.17. The number of methoxy groups -OCH3 is 2. The normalized spacial score (nSPS) is 13.4. The van der Waals surface area contributed by atoms with Gasteiger partial charge in [0, 0.05) is 18.7 Å². The van der Waals surface area contributed by atoms with Crippen molar-refractivity contribution in [2.75, 3.05) is 14.2 Å². The molecule has 0 saturated heterocycles. The molecule has 3 heterocycles. The van der Waals surface area contributed by atoms with Gasteiger partial charge in [-0.15, -0.1) is 10.2 Å². The van der Waals surface area contributed by atoms with Gasteiger partial charge in [-0.3, -0.25) is 9.25 Å². The molecule has 4 aromatic rings. The first-order valence-electron chi connectivity index (χ1n) is 11.6. The maximum absolute atomic E-state index is 13.6. The fraction of sp³-hybridized carbons (Fsp3) is 0.375. The largest absolute Gasteiger partial charge is 0.494 e. The second kappa shape index (κ2) is 10.6. The average molecular weight is 530 g/mol. The maximum Gasteiger partial charge on any atom is 0.189 e. The molecule has 0 saturated carbocycles. The summed E-state index contributed by atoms with van der Waals surface area (Å²) in [4.78, 5) is 7.91. The lowest BCUT2D eigenvalue weighted by Crippen LogP contribution is -2.27. The molecule has 0 fully saturated rings. The lowest BCUT2D eigenvalue weighted by Gasteiger charge is -2.20. The van der Waals surface area contributed by atoms with E-state index in [-0.39, 0.29) is 11.6 Å². The van der Waals surface area contributed by atoms with E-state index in [1.165, 1.54) is 14.2 Å². The molecule has 0 N–H and O–H groups in total. The van der Waals surface area contributed by atoms with Crippen molar-refractivity contribution >= 4 is 9.84 Å². The van der Waals surface area contributed by atoms with Gasteiger partial charge >= 0.3 is 0 Å². The number of nitrogens with zero attached hydrogens (tertiary/aromatic N) is 7. The molecule has 0 amide bonds. The van der Waals surface area contributed by atoms with Crippen LogP contribution in [0.4, 0.5) is 4.39 Å². The Morgan fingerprint density at radius 1 is 1.03 bits per heavy atom. The molecule has 11 nitrogen and oxygen atoms in total. The number of aromatic nitrogens is 7. The summed E-state index contributed by atoms with van der Waals surface area (Å²) in [5.74, 6) is -0.0274. The molecule has 2 atom stereocenters. The summed E-state index contributed by atoms with van der Waals surface area (Å²) in [7, 11) is -0.791. The van der Waals surface area contributed by atoms with Crippen molar-refractivity contribution < 1.29 is 22.3 Å². The van der Waals surface area contributed by atoms with Crippen molar-refractivity contribution in [3.8, 4) is 28.7 Å². The minimum absolute atomic E-state index is 0.155. The highest BCUT2D eigenvalue weighted by Gasteiger charge is 2.33. The topological polar surface area (TPSA) is 127 Å². The number of benzene rings is 1. The number of aryl methyl sites for hydroxylation is 1. The Hall–Kier alpha value is -3.87. The Morgan fingerprint density at radius 3 is 2.24 bits per heavy atom. The van der Waals surface area contributed by atoms with E-state index in [1.54, 1.807) is 53.6 Å². The predicted octanol–water partition coefficient (Wildman–Crippen LogP) is 3.20. The molecule has 0 aliphatic rings. The first-order chi connectivity index (χ1) is 17.7. The summed E-state index contributed by atoms with van der Waals surface area (Å²) in [5, 5.41) is 12.2. The van der Waals surface area contributed by atoms with Crippen LogP contribution in [0.5, 0.6) is 11.5 Å². The molecule has 13 heteroatoms. The minimum Gasteiger partial charge on any atom is -0.494 e. The number of sulfone groups is 1. The summed E-state index contributed by atoms with van der Waals surface area (Å²) < 4.78 is 54.9. The van der Waals surface area contributed by atoms with Crippen LogP contribution in [-0.2, 0) is 22.1 Å². The van der Waals surface area contributed by atoms with Crippen LogP contribution in [0.3, 0.4) is 0 Å². The summed E-state index contributed by atoms with van der Waals surface area (Å²) >= 11 is 0. The molecule has 0 spiro atoms. The van der Waals surface area contributed by atoms with Gasteiger partial charge in [-0.1, -0.05) is 13.0 Å². The van der Waals surface area contributed by atoms with Crippen LogP contribution in [0.25, 0.3) is 17.2 Å². The van der Waals surface area contributed by atoms with Gasteiger partial charge in [0.15, 0.2) is 27.3 Å². The third-order valence-electron chi connectivity index (χ3n) is 6.20. The standard InChI is InChI=1S/C24H28FN7O4S/c1-6-31-11-10-18(30-31)24-29-28-21(32(24)22-19(35-4)8-7-9-20(22)36-5)14-37(33,34)16(3)15(2)23-26-12-17(25)13-27-23/h7-13,15-16H,6,14H2,1-5H3/t15-,16-/m0/s1. The van der Waals surface area contributed by atoms with Gasteiger partial charge in [0.25, 0.3) is 0 Å². The molecule has 0 unspecified atom stereocenters. The third-order valence-corrected chi connectivity index (χ3v) is 8.40. The van der Waals surface area contributed by atoms with Gasteiger partial charge in [0.2, 0.25) is 0 Å². The second-order valence-corrected chi connectivity index (χ2v) is 10.8. The van der Waals surface area contributed by atoms with Gasteiger partial charge < -0.3 is 9.47 Å². The Bertz CT molecular complexity index is 1460. The Morgan fingerprint density at radius 2 is 1.68 bits per heavy atom. The predicted molar refractivity (Wildman–Crippen MR) is 134 cm³/mol. The number of hydrogen-bond donors (Lipinski definition) is 0. The lowest BCUT2D eigenvalue weighted by molar-refractivity contribution is 0.390. The van der Waals surface area contributed by atoms with E-state index < -0.39 is 32.6 Å². The van der Waals surface area contributed by atoms with E-state index in [4.69, 9.17) is 9.47 Å². The fourth-order valence-electron chi connectivity index (χ4n) is 3.91. The summed E-state index contributed by atoms with van der Waals surface area (Å²) in [6.07, 6.45) is 3.84. The number of rotatable bonds is 10. The zero-order valence-electron chi connectivity index (χ0n) is 21.2. The first-order valence-corrected chi connectivity index (χ1v) is 13.3. The molecule has 0 bridgehead atoms. The fourth-order valence-corrected chi connectivity index (χ4v) is 5.46. The van der Waals surface area contributed by atoms with Crippen LogP contribution in [0.1, 0.15) is 38.3 Å². The van der Waals surface area contributed by atoms with Gasteiger partial charge in [-0.05, 0) is 32.0 Å². The van der Waals surface area contributed by atoms with Crippen molar-refractivity contribution in [2.24, 2.45) is 0 Å².